The standard InChI is InChI=1S/C29H39N3O3/c1-6-13-30-23-11-14-31(15-12-23)24-16-21(3)26-9-7-20(2)25(18-29(33)32(26)19-24)22-8-10-27(34-4)28(17-22)35-5/h8-10,16-20,23,30H,6-7,11-15H2,1-5H3. The molecule has 0 spiro atoms. The van der Waals surface area contributed by atoms with Gasteiger partial charge in [-0.1, -0.05) is 26.0 Å². The van der Waals surface area contributed by atoms with E-state index in [1.165, 1.54) is 0 Å². The van der Waals surface area contributed by atoms with Crippen LogP contribution in [0.3, 0.4) is 0 Å². The summed E-state index contributed by atoms with van der Waals surface area (Å²) in [4.78, 5) is 17.9. The van der Waals surface area contributed by atoms with Crippen LogP contribution in [-0.4, -0.2) is 55.6 Å². The number of methoxy groups -OCH3 is 2. The summed E-state index contributed by atoms with van der Waals surface area (Å²) in [6.45, 7) is 9.57. The predicted octanol–water partition coefficient (Wildman–Crippen LogP) is 5.10. The Hall–Kier alpha value is -2.99. The van der Waals surface area contributed by atoms with E-state index in [0.29, 0.717) is 17.5 Å². The first-order chi connectivity index (χ1) is 16.9. The van der Waals surface area contributed by atoms with Crippen LogP contribution in [-0.2, 0) is 4.79 Å². The molecule has 6 nitrogen and oxygen atoms in total. The summed E-state index contributed by atoms with van der Waals surface area (Å²) in [5.74, 6) is 1.53. The number of piperidine rings is 1. The molecule has 1 aromatic carbocycles. The molecule has 0 bridgehead atoms. The van der Waals surface area contributed by atoms with Gasteiger partial charge in [0.05, 0.1) is 19.9 Å². The maximum Gasteiger partial charge on any atom is 0.255 e. The SMILES string of the molecule is CCCNC1CCN(C2=CN3C(=O)C=C(c4ccc(OC)c(OC)c4)C(C)CC=C3C(C)=C2)CC1. The Morgan fingerprint density at radius 1 is 1.09 bits per heavy atom. The Bertz CT molecular complexity index is 1060. The van der Waals surface area contributed by atoms with Crippen molar-refractivity contribution in [2.45, 2.75) is 52.5 Å². The fourth-order valence-corrected chi connectivity index (χ4v) is 5.17. The molecule has 3 aliphatic heterocycles. The third kappa shape index (κ3) is 5.48. The lowest BCUT2D eigenvalue weighted by molar-refractivity contribution is -0.122. The van der Waals surface area contributed by atoms with E-state index in [-0.39, 0.29) is 11.8 Å². The van der Waals surface area contributed by atoms with Crippen LogP contribution in [0.4, 0.5) is 0 Å². The second-order valence-electron chi connectivity index (χ2n) is 9.70. The number of likely N-dealkylation sites (tertiary alicyclic amines) is 1. The minimum absolute atomic E-state index is 0.0166. The van der Waals surface area contributed by atoms with E-state index in [1.54, 1.807) is 20.3 Å². The Morgan fingerprint density at radius 2 is 1.83 bits per heavy atom. The summed E-state index contributed by atoms with van der Waals surface area (Å²) in [6.07, 6.45) is 12.5. The highest BCUT2D eigenvalue weighted by molar-refractivity contribution is 5.98. The zero-order valence-electron chi connectivity index (χ0n) is 21.8. The molecule has 0 aromatic heterocycles. The van der Waals surface area contributed by atoms with Gasteiger partial charge in [0.25, 0.3) is 5.91 Å². The van der Waals surface area contributed by atoms with Gasteiger partial charge in [-0.05, 0) is 80.0 Å². The number of fused-ring (bicyclic) bond motifs is 1. The van der Waals surface area contributed by atoms with E-state index in [1.807, 2.05) is 29.3 Å². The average Bonchev–Trinajstić information content (AvgIpc) is 2.88. The number of hydrogen-bond donors (Lipinski definition) is 1. The van der Waals surface area contributed by atoms with Gasteiger partial charge in [-0.3, -0.25) is 9.69 Å². The molecule has 1 saturated heterocycles. The minimum atomic E-state index is -0.0166. The van der Waals surface area contributed by atoms with Gasteiger partial charge in [0.1, 0.15) is 0 Å². The molecule has 35 heavy (non-hydrogen) atoms. The first-order valence-corrected chi connectivity index (χ1v) is 12.8. The highest BCUT2D eigenvalue weighted by Gasteiger charge is 2.28. The number of rotatable bonds is 7. The summed E-state index contributed by atoms with van der Waals surface area (Å²) in [5, 5.41) is 3.65. The molecule has 3 aliphatic rings. The molecular formula is C29H39N3O3. The summed E-state index contributed by atoms with van der Waals surface area (Å²) in [6, 6.07) is 6.45. The molecular weight excluding hydrogens is 438 g/mol. The lowest BCUT2D eigenvalue weighted by atomic mass is 9.88. The van der Waals surface area contributed by atoms with E-state index in [0.717, 1.165) is 73.4 Å². The van der Waals surface area contributed by atoms with Crippen LogP contribution in [0.25, 0.3) is 5.57 Å². The van der Waals surface area contributed by atoms with Gasteiger partial charge in [0, 0.05) is 37.1 Å². The van der Waals surface area contributed by atoms with Crippen LogP contribution < -0.4 is 14.8 Å². The number of carbonyl (C=O) groups excluding carboxylic acids is 1. The molecule has 0 aliphatic carbocycles. The molecule has 1 aromatic rings. The zero-order chi connectivity index (χ0) is 24.9. The maximum atomic E-state index is 13.6. The quantitative estimate of drug-likeness (QED) is 0.592. The fourth-order valence-electron chi connectivity index (χ4n) is 5.17. The number of carbonyl (C=O) groups is 1. The molecule has 4 rings (SSSR count). The van der Waals surface area contributed by atoms with Crippen LogP contribution in [0.5, 0.6) is 11.5 Å². The van der Waals surface area contributed by atoms with Crippen LogP contribution in [0.2, 0.25) is 0 Å². The lowest BCUT2D eigenvalue weighted by Crippen LogP contribution is -2.43. The summed E-state index contributed by atoms with van der Waals surface area (Å²) in [5.41, 5.74) is 5.24. The number of nitrogens with zero attached hydrogens (tertiary/aromatic N) is 2. The Morgan fingerprint density at radius 3 is 2.51 bits per heavy atom. The summed E-state index contributed by atoms with van der Waals surface area (Å²) in [7, 11) is 3.26. The number of hydrogen-bond acceptors (Lipinski definition) is 5. The van der Waals surface area contributed by atoms with Crippen molar-refractivity contribution in [3.8, 4) is 11.5 Å². The lowest BCUT2D eigenvalue weighted by Gasteiger charge is -2.38. The van der Waals surface area contributed by atoms with Gasteiger partial charge >= 0.3 is 0 Å². The van der Waals surface area contributed by atoms with Crippen LogP contribution in [0, 0.1) is 5.92 Å². The number of amides is 1. The van der Waals surface area contributed by atoms with Crippen molar-refractivity contribution < 1.29 is 14.3 Å². The normalized spacial score (nSPS) is 21.3. The van der Waals surface area contributed by atoms with Crippen LogP contribution >= 0.6 is 0 Å². The average molecular weight is 478 g/mol. The highest BCUT2D eigenvalue weighted by Crippen LogP contribution is 2.37. The van der Waals surface area contributed by atoms with Gasteiger partial charge in [0.2, 0.25) is 0 Å². The van der Waals surface area contributed by atoms with Crippen molar-refractivity contribution >= 4 is 11.5 Å². The topological polar surface area (TPSA) is 54.0 Å². The van der Waals surface area contributed by atoms with E-state index >= 15 is 0 Å². The molecule has 3 heterocycles. The van der Waals surface area contributed by atoms with Gasteiger partial charge in [-0.15, -0.1) is 0 Å². The van der Waals surface area contributed by atoms with Crippen molar-refractivity contribution in [2.24, 2.45) is 5.92 Å². The number of benzene rings is 1. The zero-order valence-corrected chi connectivity index (χ0v) is 21.8. The number of nitrogens with one attached hydrogen (secondary N) is 1. The van der Waals surface area contributed by atoms with Gasteiger partial charge in [-0.2, -0.15) is 0 Å². The monoisotopic (exact) mass is 477 g/mol. The second kappa shape index (κ2) is 11.2. The molecule has 6 heteroatoms. The minimum Gasteiger partial charge on any atom is -0.493 e. The smallest absolute Gasteiger partial charge is 0.255 e. The van der Waals surface area contributed by atoms with Crippen molar-refractivity contribution in [1.29, 1.82) is 0 Å². The third-order valence-electron chi connectivity index (χ3n) is 7.26. The molecule has 0 radical (unpaired) electrons. The highest BCUT2D eigenvalue weighted by atomic mass is 16.5. The van der Waals surface area contributed by atoms with Crippen molar-refractivity contribution in [1.82, 2.24) is 15.1 Å². The van der Waals surface area contributed by atoms with Gasteiger partial charge in [-0.25, -0.2) is 0 Å². The molecule has 1 atom stereocenters. The van der Waals surface area contributed by atoms with Crippen molar-refractivity contribution in [2.75, 3.05) is 33.9 Å². The van der Waals surface area contributed by atoms with E-state index < -0.39 is 0 Å². The summed E-state index contributed by atoms with van der Waals surface area (Å²) < 4.78 is 10.9. The van der Waals surface area contributed by atoms with Crippen molar-refractivity contribution in [3.05, 3.63) is 65.2 Å². The predicted molar refractivity (Wildman–Crippen MR) is 141 cm³/mol. The molecule has 1 fully saturated rings. The van der Waals surface area contributed by atoms with Crippen LogP contribution in [0.1, 0.15) is 52.0 Å². The van der Waals surface area contributed by atoms with Crippen LogP contribution in [0.15, 0.2) is 59.6 Å². The second-order valence-corrected chi connectivity index (χ2v) is 9.70. The summed E-state index contributed by atoms with van der Waals surface area (Å²) >= 11 is 0. The van der Waals surface area contributed by atoms with Gasteiger partial charge < -0.3 is 19.7 Å². The maximum absolute atomic E-state index is 13.6. The Kier molecular flexibility index (Phi) is 8.01. The molecule has 188 valence electrons. The largest absolute Gasteiger partial charge is 0.493 e. The van der Waals surface area contributed by atoms with E-state index in [2.05, 4.69) is 43.1 Å². The number of allylic oxidation sites excluding steroid dienone is 4. The Labute approximate surface area is 210 Å². The van der Waals surface area contributed by atoms with E-state index in [9.17, 15) is 4.79 Å². The van der Waals surface area contributed by atoms with Crippen molar-refractivity contribution in [3.63, 3.8) is 0 Å². The third-order valence-corrected chi connectivity index (χ3v) is 7.26. The first-order valence-electron chi connectivity index (χ1n) is 12.8. The number of ether oxygens (including phenoxy) is 2. The van der Waals surface area contributed by atoms with Gasteiger partial charge in [0.15, 0.2) is 11.5 Å². The first kappa shape index (κ1) is 25.1. The van der Waals surface area contributed by atoms with E-state index in [4.69, 9.17) is 9.47 Å². The fraction of sp³-hybridized carbons (Fsp3) is 0.483. The molecule has 1 unspecified atom stereocenters. The Balaban J connectivity index is 1.59. The molecule has 1 N–H and O–H groups in total. The molecule has 1 amide bonds. The molecule has 0 saturated carbocycles.